The van der Waals surface area contributed by atoms with Crippen LogP contribution in [-0.4, -0.2) is 26.3 Å². The quantitative estimate of drug-likeness (QED) is 0.810. The number of methoxy groups -OCH3 is 2. The standard InChI is InChI=1S/C17H25NO3/c1-12(2)16(19)18-11-17(3,4)10-13-7-8-14(20-5)15(9-13)21-6/h7-9,11-12H,10H2,1-6H3/p+1. The Hall–Kier alpha value is -1.84. The summed E-state index contributed by atoms with van der Waals surface area (Å²) in [5.41, 5.74) is 0.983. The van der Waals surface area contributed by atoms with Gasteiger partial charge in [-0.15, -0.1) is 0 Å². The molecule has 1 N–H and O–H groups in total. The van der Waals surface area contributed by atoms with Crippen molar-refractivity contribution in [3.05, 3.63) is 23.8 Å². The maximum absolute atomic E-state index is 11.6. The van der Waals surface area contributed by atoms with Gasteiger partial charge in [0.05, 0.1) is 20.1 Å². The van der Waals surface area contributed by atoms with Crippen LogP contribution in [0.15, 0.2) is 18.2 Å². The third-order valence-electron chi connectivity index (χ3n) is 3.24. The van der Waals surface area contributed by atoms with Gasteiger partial charge in [-0.1, -0.05) is 19.9 Å². The van der Waals surface area contributed by atoms with Gasteiger partial charge in [-0.2, -0.15) is 4.99 Å². The Morgan fingerprint density at radius 3 is 2.38 bits per heavy atom. The Bertz CT molecular complexity index is 519. The second-order valence-electron chi connectivity index (χ2n) is 6.16. The topological polar surface area (TPSA) is 49.5 Å². The number of carbonyl (C=O) groups excluding carboxylic acids is 1. The minimum absolute atomic E-state index is 0.0156. The largest absolute Gasteiger partial charge is 0.493 e. The third kappa shape index (κ3) is 5.21. The third-order valence-corrected chi connectivity index (χ3v) is 3.24. The number of ether oxygens (including phenoxy) is 2. The summed E-state index contributed by atoms with van der Waals surface area (Å²) in [6.07, 6.45) is 2.66. The second kappa shape index (κ2) is 7.25. The van der Waals surface area contributed by atoms with Crippen LogP contribution in [0.5, 0.6) is 11.5 Å². The first-order valence-corrected chi connectivity index (χ1v) is 7.14. The first-order valence-electron chi connectivity index (χ1n) is 7.14. The molecule has 0 aliphatic carbocycles. The minimum atomic E-state index is -0.149. The van der Waals surface area contributed by atoms with Crippen LogP contribution in [0, 0.1) is 11.3 Å². The van der Waals surface area contributed by atoms with Crippen molar-refractivity contribution in [1.82, 2.24) is 0 Å². The molecule has 0 saturated heterocycles. The summed E-state index contributed by atoms with van der Waals surface area (Å²) >= 11 is 0. The Kier molecular flexibility index (Phi) is 5.94. The second-order valence-corrected chi connectivity index (χ2v) is 6.16. The first-order chi connectivity index (χ1) is 9.79. The molecule has 0 aromatic heterocycles. The molecule has 1 aromatic carbocycles. The van der Waals surface area contributed by atoms with E-state index >= 15 is 0 Å². The van der Waals surface area contributed by atoms with E-state index in [1.54, 1.807) is 14.2 Å². The van der Waals surface area contributed by atoms with Gasteiger partial charge in [0.2, 0.25) is 0 Å². The van der Waals surface area contributed by atoms with E-state index < -0.39 is 0 Å². The SMILES string of the molecule is COc1ccc(CC(C)(C)C=[NH+]C(=O)C(C)C)cc1OC. The molecule has 0 spiro atoms. The fourth-order valence-corrected chi connectivity index (χ4v) is 2.00. The lowest BCUT2D eigenvalue weighted by Gasteiger charge is -2.17. The monoisotopic (exact) mass is 292 g/mol. The normalized spacial score (nSPS) is 12.0. The van der Waals surface area contributed by atoms with Crippen LogP contribution < -0.4 is 14.5 Å². The van der Waals surface area contributed by atoms with Crippen molar-refractivity contribution < 1.29 is 19.3 Å². The molecular weight excluding hydrogens is 266 g/mol. The Morgan fingerprint density at radius 2 is 1.86 bits per heavy atom. The minimum Gasteiger partial charge on any atom is -0.493 e. The molecule has 1 rings (SSSR count). The van der Waals surface area contributed by atoms with Crippen molar-refractivity contribution in [3.63, 3.8) is 0 Å². The molecule has 4 heteroatoms. The van der Waals surface area contributed by atoms with Crippen molar-refractivity contribution in [1.29, 1.82) is 0 Å². The van der Waals surface area contributed by atoms with Crippen LogP contribution in [0.4, 0.5) is 0 Å². The van der Waals surface area contributed by atoms with Crippen LogP contribution in [0.25, 0.3) is 0 Å². The molecule has 0 heterocycles. The van der Waals surface area contributed by atoms with Crippen LogP contribution in [0.3, 0.4) is 0 Å². The zero-order chi connectivity index (χ0) is 16.0. The molecule has 0 fully saturated rings. The average Bonchev–Trinajstić information content (AvgIpc) is 2.44. The summed E-state index contributed by atoms with van der Waals surface area (Å²) in [7, 11) is 3.25. The predicted molar refractivity (Wildman–Crippen MR) is 83.9 cm³/mol. The number of hydrogen-bond acceptors (Lipinski definition) is 3. The lowest BCUT2D eigenvalue weighted by atomic mass is 9.87. The Labute approximate surface area is 127 Å². The van der Waals surface area contributed by atoms with Crippen molar-refractivity contribution in [2.75, 3.05) is 14.2 Å². The molecule has 0 aliphatic rings. The van der Waals surface area contributed by atoms with E-state index in [2.05, 4.69) is 18.8 Å². The van der Waals surface area contributed by atoms with Crippen molar-refractivity contribution >= 4 is 12.1 Å². The molecule has 21 heavy (non-hydrogen) atoms. The molecular formula is C17H26NO3+. The summed E-state index contributed by atoms with van der Waals surface area (Å²) in [6, 6.07) is 5.89. The van der Waals surface area contributed by atoms with E-state index in [9.17, 15) is 4.79 Å². The number of benzene rings is 1. The highest BCUT2D eigenvalue weighted by Crippen LogP contribution is 2.30. The molecule has 0 atom stereocenters. The highest BCUT2D eigenvalue weighted by atomic mass is 16.5. The van der Waals surface area contributed by atoms with E-state index in [0.29, 0.717) is 0 Å². The molecule has 4 nitrogen and oxygen atoms in total. The maximum Gasteiger partial charge on any atom is 0.387 e. The molecule has 1 amide bonds. The fraction of sp³-hybridized carbons (Fsp3) is 0.529. The molecule has 1 aromatic rings. The average molecular weight is 292 g/mol. The van der Waals surface area contributed by atoms with Crippen LogP contribution >= 0.6 is 0 Å². The van der Waals surface area contributed by atoms with E-state index in [0.717, 1.165) is 23.5 Å². The Balaban J connectivity index is 2.86. The Morgan fingerprint density at radius 1 is 1.24 bits per heavy atom. The zero-order valence-corrected chi connectivity index (χ0v) is 13.8. The van der Waals surface area contributed by atoms with Crippen LogP contribution in [-0.2, 0) is 11.2 Å². The smallest absolute Gasteiger partial charge is 0.387 e. The van der Waals surface area contributed by atoms with E-state index in [1.165, 1.54) is 0 Å². The predicted octanol–water partition coefficient (Wildman–Crippen LogP) is 1.61. The van der Waals surface area contributed by atoms with Gasteiger partial charge in [0, 0.05) is 5.41 Å². The van der Waals surface area contributed by atoms with E-state index in [-0.39, 0.29) is 17.2 Å². The number of carbonyl (C=O) groups is 1. The number of hydrogen-bond donors (Lipinski definition) is 1. The van der Waals surface area contributed by atoms with Gasteiger partial charge in [-0.05, 0) is 38.0 Å². The molecule has 116 valence electrons. The van der Waals surface area contributed by atoms with E-state index in [4.69, 9.17) is 9.47 Å². The molecule has 0 saturated carbocycles. The summed E-state index contributed by atoms with van der Waals surface area (Å²) in [6.45, 7) is 7.93. The summed E-state index contributed by atoms with van der Waals surface area (Å²) in [4.78, 5) is 14.5. The first kappa shape index (κ1) is 17.2. The summed E-state index contributed by atoms with van der Waals surface area (Å²) < 4.78 is 10.6. The van der Waals surface area contributed by atoms with Gasteiger partial charge in [0.1, 0.15) is 0 Å². The summed E-state index contributed by atoms with van der Waals surface area (Å²) in [5, 5.41) is 0. The van der Waals surface area contributed by atoms with Gasteiger partial charge >= 0.3 is 5.91 Å². The van der Waals surface area contributed by atoms with Crippen LogP contribution in [0.1, 0.15) is 33.3 Å². The highest BCUT2D eigenvalue weighted by Gasteiger charge is 2.22. The number of amides is 1. The van der Waals surface area contributed by atoms with Gasteiger partial charge in [-0.25, -0.2) is 4.79 Å². The van der Waals surface area contributed by atoms with Crippen LogP contribution in [0.2, 0.25) is 0 Å². The molecule has 0 unspecified atom stereocenters. The van der Waals surface area contributed by atoms with Gasteiger partial charge in [0.15, 0.2) is 17.7 Å². The lowest BCUT2D eigenvalue weighted by Crippen LogP contribution is -2.77. The maximum atomic E-state index is 11.6. The van der Waals surface area contributed by atoms with Gasteiger partial charge in [-0.3, -0.25) is 0 Å². The summed E-state index contributed by atoms with van der Waals surface area (Å²) in [5.74, 6) is 1.46. The number of rotatable bonds is 6. The van der Waals surface area contributed by atoms with Gasteiger partial charge < -0.3 is 9.47 Å². The highest BCUT2D eigenvalue weighted by molar-refractivity contribution is 5.73. The van der Waals surface area contributed by atoms with Crippen molar-refractivity contribution in [2.45, 2.75) is 34.1 Å². The molecule has 0 radical (unpaired) electrons. The van der Waals surface area contributed by atoms with Crippen molar-refractivity contribution in [2.24, 2.45) is 11.3 Å². The molecule has 0 bridgehead atoms. The van der Waals surface area contributed by atoms with Gasteiger partial charge in [0.25, 0.3) is 0 Å². The zero-order valence-electron chi connectivity index (χ0n) is 13.8. The fourth-order valence-electron chi connectivity index (χ4n) is 2.00. The molecule has 0 aliphatic heterocycles. The van der Waals surface area contributed by atoms with E-state index in [1.807, 2.05) is 38.3 Å². The lowest BCUT2D eigenvalue weighted by molar-refractivity contribution is -0.380. The van der Waals surface area contributed by atoms with Crippen molar-refractivity contribution in [3.8, 4) is 11.5 Å². The number of nitrogens with one attached hydrogen (secondary N) is 1.